The Hall–Kier alpha value is -1.73. The van der Waals surface area contributed by atoms with Gasteiger partial charge in [0.2, 0.25) is 0 Å². The zero-order valence-electron chi connectivity index (χ0n) is 10.5. The zero-order chi connectivity index (χ0) is 13.6. The summed E-state index contributed by atoms with van der Waals surface area (Å²) in [5.41, 5.74) is 6.08. The summed E-state index contributed by atoms with van der Waals surface area (Å²) in [5, 5.41) is 9.82. The molecule has 0 aromatic carbocycles. The van der Waals surface area contributed by atoms with Gasteiger partial charge in [0, 0.05) is 6.20 Å². The average molecular weight is 266 g/mol. The molecule has 0 amide bonds. The monoisotopic (exact) mass is 266 g/mol. The van der Waals surface area contributed by atoms with Gasteiger partial charge in [-0.15, -0.1) is 0 Å². The third kappa shape index (κ3) is 1.95. The van der Waals surface area contributed by atoms with Crippen LogP contribution in [0, 0.1) is 12.0 Å². The van der Waals surface area contributed by atoms with Crippen LogP contribution < -0.4 is 5.73 Å². The minimum Gasteiger partial charge on any atom is -0.394 e. The summed E-state index contributed by atoms with van der Waals surface area (Å²) in [6, 6.07) is 1.74. The Bertz CT molecular complexity index is 615. The standard InChI is InChI=1S/C12H15FN4O2/c1-6-4-9(19-8(6)5-18)17-3-2-7-10(14)15-12(13)16-11(7)17/h2-3,6,8-9,18H,4-5H2,1H3,(H2,14,15,16)/t6-,8+,9+/m0/s1. The molecule has 6 nitrogen and oxygen atoms in total. The van der Waals surface area contributed by atoms with E-state index in [1.807, 2.05) is 6.92 Å². The van der Waals surface area contributed by atoms with Gasteiger partial charge in [0.25, 0.3) is 0 Å². The first-order chi connectivity index (χ1) is 9.10. The van der Waals surface area contributed by atoms with E-state index in [1.165, 1.54) is 0 Å². The molecule has 1 fully saturated rings. The minimum absolute atomic E-state index is 0.0254. The fraction of sp³-hybridized carbons (Fsp3) is 0.500. The van der Waals surface area contributed by atoms with Gasteiger partial charge in [0.15, 0.2) is 5.65 Å². The second-order valence-corrected chi connectivity index (χ2v) is 4.86. The van der Waals surface area contributed by atoms with Gasteiger partial charge >= 0.3 is 6.08 Å². The van der Waals surface area contributed by atoms with Crippen molar-refractivity contribution in [2.45, 2.75) is 25.7 Å². The molecule has 3 atom stereocenters. The van der Waals surface area contributed by atoms with Crippen molar-refractivity contribution in [2.24, 2.45) is 5.92 Å². The quantitative estimate of drug-likeness (QED) is 0.794. The Morgan fingerprint density at radius 1 is 1.58 bits per heavy atom. The Labute approximate surface area is 109 Å². The van der Waals surface area contributed by atoms with E-state index in [2.05, 4.69) is 9.97 Å². The first-order valence-electron chi connectivity index (χ1n) is 6.16. The van der Waals surface area contributed by atoms with Crippen LogP contribution in [0.1, 0.15) is 19.6 Å². The predicted molar refractivity (Wildman–Crippen MR) is 66.7 cm³/mol. The number of hydrogen-bond donors (Lipinski definition) is 2. The molecule has 1 aliphatic rings. The molecule has 3 N–H and O–H groups in total. The lowest BCUT2D eigenvalue weighted by molar-refractivity contribution is -0.0275. The van der Waals surface area contributed by atoms with Crippen LogP contribution in [0.5, 0.6) is 0 Å². The number of nitrogen functional groups attached to an aromatic ring is 1. The molecule has 0 unspecified atom stereocenters. The van der Waals surface area contributed by atoms with Gasteiger partial charge in [-0.2, -0.15) is 14.4 Å². The summed E-state index contributed by atoms with van der Waals surface area (Å²) in [6.07, 6.45) is 1.17. The number of hydrogen-bond acceptors (Lipinski definition) is 5. The van der Waals surface area contributed by atoms with Crippen molar-refractivity contribution < 1.29 is 14.2 Å². The molecule has 0 aliphatic carbocycles. The molecule has 0 bridgehead atoms. The highest BCUT2D eigenvalue weighted by molar-refractivity contribution is 5.86. The molecule has 0 saturated carbocycles. The van der Waals surface area contributed by atoms with Gasteiger partial charge in [0.05, 0.1) is 18.1 Å². The molecule has 1 saturated heterocycles. The molecule has 2 aromatic heterocycles. The summed E-state index contributed by atoms with van der Waals surface area (Å²) in [6.45, 7) is 1.98. The predicted octanol–water partition coefficient (Wildman–Crippen LogP) is 1.07. The molecule has 0 radical (unpaired) electrons. The van der Waals surface area contributed by atoms with Gasteiger partial charge in [-0.3, -0.25) is 0 Å². The van der Waals surface area contributed by atoms with Crippen LogP contribution in [-0.2, 0) is 4.74 Å². The van der Waals surface area contributed by atoms with Crippen LogP contribution >= 0.6 is 0 Å². The van der Waals surface area contributed by atoms with E-state index in [0.29, 0.717) is 11.0 Å². The van der Waals surface area contributed by atoms with Gasteiger partial charge in [-0.25, -0.2) is 0 Å². The van der Waals surface area contributed by atoms with Crippen LogP contribution in [0.25, 0.3) is 11.0 Å². The Kier molecular flexibility index (Phi) is 2.87. The van der Waals surface area contributed by atoms with E-state index in [-0.39, 0.29) is 30.7 Å². The maximum absolute atomic E-state index is 13.3. The number of nitrogens with zero attached hydrogens (tertiary/aromatic N) is 3. The molecule has 7 heteroatoms. The maximum atomic E-state index is 13.3. The topological polar surface area (TPSA) is 86.2 Å². The van der Waals surface area contributed by atoms with Crippen LogP contribution in [0.4, 0.5) is 10.2 Å². The number of fused-ring (bicyclic) bond motifs is 1. The molecular formula is C12H15FN4O2. The van der Waals surface area contributed by atoms with E-state index in [4.69, 9.17) is 10.5 Å². The third-order valence-electron chi connectivity index (χ3n) is 3.60. The first kappa shape index (κ1) is 12.3. The van der Waals surface area contributed by atoms with Crippen LogP contribution in [0.15, 0.2) is 12.3 Å². The average Bonchev–Trinajstić information content (AvgIpc) is 2.92. The van der Waals surface area contributed by atoms with Crippen molar-refractivity contribution in [1.82, 2.24) is 14.5 Å². The lowest BCUT2D eigenvalue weighted by Gasteiger charge is -2.14. The Morgan fingerprint density at radius 3 is 3.05 bits per heavy atom. The lowest BCUT2D eigenvalue weighted by Crippen LogP contribution is -2.18. The summed E-state index contributed by atoms with van der Waals surface area (Å²) < 4.78 is 20.7. The number of anilines is 1. The second-order valence-electron chi connectivity index (χ2n) is 4.86. The van der Waals surface area contributed by atoms with Gasteiger partial charge in [0.1, 0.15) is 12.0 Å². The van der Waals surface area contributed by atoms with E-state index in [1.54, 1.807) is 16.8 Å². The highest BCUT2D eigenvalue weighted by Crippen LogP contribution is 2.35. The van der Waals surface area contributed by atoms with E-state index in [9.17, 15) is 9.50 Å². The number of aromatic nitrogens is 3. The molecular weight excluding hydrogens is 251 g/mol. The molecule has 19 heavy (non-hydrogen) atoms. The SMILES string of the molecule is C[C@H]1C[C@H](n2ccc3c(N)nc(F)nc32)O[C@@H]1CO. The summed E-state index contributed by atoms with van der Waals surface area (Å²) in [4.78, 5) is 7.27. The van der Waals surface area contributed by atoms with E-state index < -0.39 is 6.08 Å². The fourth-order valence-corrected chi connectivity index (χ4v) is 2.52. The molecule has 1 aliphatic heterocycles. The van der Waals surface area contributed by atoms with Crippen molar-refractivity contribution in [3.05, 3.63) is 18.3 Å². The second kappa shape index (κ2) is 4.43. The maximum Gasteiger partial charge on any atom is 0.312 e. The van der Waals surface area contributed by atoms with Crippen LogP contribution in [0.2, 0.25) is 0 Å². The summed E-state index contributed by atoms with van der Waals surface area (Å²) in [5.74, 6) is 0.350. The van der Waals surface area contributed by atoms with Gasteiger partial charge < -0.3 is 20.1 Å². The Balaban J connectivity index is 2.02. The lowest BCUT2D eigenvalue weighted by atomic mass is 10.0. The van der Waals surface area contributed by atoms with Crippen molar-refractivity contribution in [2.75, 3.05) is 12.3 Å². The molecule has 3 rings (SSSR count). The molecule has 102 valence electrons. The van der Waals surface area contributed by atoms with Crippen molar-refractivity contribution in [3.8, 4) is 0 Å². The summed E-state index contributed by atoms with van der Waals surface area (Å²) in [7, 11) is 0. The Morgan fingerprint density at radius 2 is 2.37 bits per heavy atom. The number of aliphatic hydroxyl groups excluding tert-OH is 1. The largest absolute Gasteiger partial charge is 0.394 e. The normalized spacial score (nSPS) is 27.2. The van der Waals surface area contributed by atoms with Gasteiger partial charge in [-0.05, 0) is 18.4 Å². The van der Waals surface area contributed by atoms with Crippen LogP contribution in [-0.4, -0.2) is 32.4 Å². The highest BCUT2D eigenvalue weighted by Gasteiger charge is 2.33. The zero-order valence-corrected chi connectivity index (χ0v) is 10.5. The summed E-state index contributed by atoms with van der Waals surface area (Å²) >= 11 is 0. The molecule has 2 aromatic rings. The fourth-order valence-electron chi connectivity index (χ4n) is 2.52. The van der Waals surface area contributed by atoms with Crippen molar-refractivity contribution in [3.63, 3.8) is 0 Å². The van der Waals surface area contributed by atoms with Crippen molar-refractivity contribution in [1.29, 1.82) is 0 Å². The number of ether oxygens (including phenoxy) is 1. The molecule has 3 heterocycles. The molecule has 0 spiro atoms. The number of aliphatic hydroxyl groups is 1. The number of halogens is 1. The number of nitrogens with two attached hydrogens (primary N) is 1. The van der Waals surface area contributed by atoms with Crippen molar-refractivity contribution >= 4 is 16.9 Å². The smallest absolute Gasteiger partial charge is 0.312 e. The van der Waals surface area contributed by atoms with E-state index in [0.717, 1.165) is 6.42 Å². The van der Waals surface area contributed by atoms with E-state index >= 15 is 0 Å². The van der Waals surface area contributed by atoms with Crippen LogP contribution in [0.3, 0.4) is 0 Å². The highest BCUT2D eigenvalue weighted by atomic mass is 19.1. The third-order valence-corrected chi connectivity index (χ3v) is 3.60. The van der Waals surface area contributed by atoms with Gasteiger partial charge in [-0.1, -0.05) is 6.92 Å². The minimum atomic E-state index is -0.852. The number of rotatable bonds is 2. The first-order valence-corrected chi connectivity index (χ1v) is 6.16.